The fraction of sp³-hybridized carbons (Fsp3) is 1.00. The molecule has 3 heterocycles. The minimum absolute atomic E-state index is 0.0181. The van der Waals surface area contributed by atoms with Gasteiger partial charge in [0.05, 0.1) is 31.0 Å². The minimum Gasteiger partial charge on any atom is -0.377 e. The molecule has 1 spiro atoms. The SMILES string of the molecule is CC(C)OCC1NCCOC12CC1CCC(C2)N1. The fourth-order valence-corrected chi connectivity index (χ4v) is 3.82. The Morgan fingerprint density at radius 2 is 2.00 bits per heavy atom. The van der Waals surface area contributed by atoms with Gasteiger partial charge in [0.15, 0.2) is 0 Å². The number of piperidine rings is 1. The van der Waals surface area contributed by atoms with E-state index in [1.54, 1.807) is 0 Å². The number of morpholine rings is 1. The Balaban J connectivity index is 1.70. The molecule has 3 rings (SSSR count). The second-order valence-corrected chi connectivity index (χ2v) is 6.35. The molecule has 0 amide bonds. The molecule has 3 aliphatic rings. The summed E-state index contributed by atoms with van der Waals surface area (Å²) in [6, 6.07) is 1.68. The van der Waals surface area contributed by atoms with Crippen LogP contribution in [0, 0.1) is 0 Å². The Morgan fingerprint density at radius 3 is 2.67 bits per heavy atom. The smallest absolute Gasteiger partial charge is 0.0887 e. The summed E-state index contributed by atoms with van der Waals surface area (Å²) in [6.45, 7) is 6.77. The summed E-state index contributed by atoms with van der Waals surface area (Å²) in [5, 5.41) is 7.32. The van der Waals surface area contributed by atoms with E-state index in [0.717, 1.165) is 32.6 Å². The highest BCUT2D eigenvalue weighted by molar-refractivity contribution is 5.07. The molecule has 0 aliphatic carbocycles. The summed E-state index contributed by atoms with van der Waals surface area (Å²) in [6.07, 6.45) is 5.20. The fourth-order valence-electron chi connectivity index (χ4n) is 3.82. The lowest BCUT2D eigenvalue weighted by atomic mass is 9.80. The largest absolute Gasteiger partial charge is 0.377 e. The zero-order chi connectivity index (χ0) is 12.6. The van der Waals surface area contributed by atoms with Gasteiger partial charge in [0.1, 0.15) is 0 Å². The van der Waals surface area contributed by atoms with E-state index in [4.69, 9.17) is 9.47 Å². The standard InChI is InChI=1S/C14H26N2O2/c1-10(2)17-9-13-14(18-6-5-15-13)7-11-3-4-12(8-14)16-11/h10-13,15-16H,3-9H2,1-2H3. The maximum absolute atomic E-state index is 6.25. The second kappa shape index (κ2) is 5.08. The molecule has 4 nitrogen and oxygen atoms in total. The van der Waals surface area contributed by atoms with E-state index in [2.05, 4.69) is 24.5 Å². The molecular formula is C14H26N2O2. The first-order valence-corrected chi connectivity index (χ1v) is 7.43. The Bertz CT molecular complexity index is 284. The Hall–Kier alpha value is -0.160. The van der Waals surface area contributed by atoms with Gasteiger partial charge >= 0.3 is 0 Å². The van der Waals surface area contributed by atoms with Gasteiger partial charge in [-0.25, -0.2) is 0 Å². The highest BCUT2D eigenvalue weighted by Crippen LogP contribution is 2.39. The molecule has 4 heteroatoms. The Labute approximate surface area is 110 Å². The topological polar surface area (TPSA) is 42.5 Å². The van der Waals surface area contributed by atoms with Gasteiger partial charge < -0.3 is 20.1 Å². The molecule has 0 saturated carbocycles. The summed E-state index contributed by atoms with van der Waals surface area (Å²) in [4.78, 5) is 0. The maximum atomic E-state index is 6.25. The lowest BCUT2D eigenvalue weighted by Gasteiger charge is -2.49. The number of fused-ring (bicyclic) bond motifs is 2. The molecule has 3 unspecified atom stereocenters. The van der Waals surface area contributed by atoms with Crippen LogP contribution in [0.4, 0.5) is 0 Å². The van der Waals surface area contributed by atoms with Crippen LogP contribution in [-0.2, 0) is 9.47 Å². The van der Waals surface area contributed by atoms with Crippen LogP contribution in [0.1, 0.15) is 39.5 Å². The third-order valence-electron chi connectivity index (χ3n) is 4.63. The summed E-state index contributed by atoms with van der Waals surface area (Å²) < 4.78 is 12.1. The predicted octanol–water partition coefficient (Wildman–Crippen LogP) is 1.05. The van der Waals surface area contributed by atoms with E-state index in [1.807, 2.05) is 0 Å². The van der Waals surface area contributed by atoms with Crippen molar-refractivity contribution in [2.45, 2.75) is 69.4 Å². The highest BCUT2D eigenvalue weighted by atomic mass is 16.5. The number of hydrogen-bond donors (Lipinski definition) is 2. The van der Waals surface area contributed by atoms with Gasteiger partial charge in [0.25, 0.3) is 0 Å². The average Bonchev–Trinajstić information content (AvgIpc) is 2.68. The number of rotatable bonds is 3. The first kappa shape index (κ1) is 12.9. The summed E-state index contributed by atoms with van der Waals surface area (Å²) >= 11 is 0. The maximum Gasteiger partial charge on any atom is 0.0887 e. The van der Waals surface area contributed by atoms with Crippen LogP contribution in [0.5, 0.6) is 0 Å². The van der Waals surface area contributed by atoms with Gasteiger partial charge in [-0.3, -0.25) is 0 Å². The van der Waals surface area contributed by atoms with Gasteiger partial charge in [-0.1, -0.05) is 0 Å². The van der Waals surface area contributed by atoms with Crippen LogP contribution in [-0.4, -0.2) is 49.6 Å². The quantitative estimate of drug-likeness (QED) is 0.790. The number of nitrogens with one attached hydrogen (secondary N) is 2. The average molecular weight is 254 g/mol. The lowest BCUT2D eigenvalue weighted by molar-refractivity contribution is -0.139. The number of hydrogen-bond acceptors (Lipinski definition) is 4. The van der Waals surface area contributed by atoms with E-state index in [9.17, 15) is 0 Å². The van der Waals surface area contributed by atoms with Crippen LogP contribution >= 0.6 is 0 Å². The van der Waals surface area contributed by atoms with Crippen LogP contribution in [0.25, 0.3) is 0 Å². The third kappa shape index (κ3) is 2.44. The van der Waals surface area contributed by atoms with Crippen molar-refractivity contribution >= 4 is 0 Å². The van der Waals surface area contributed by atoms with E-state index in [0.29, 0.717) is 24.2 Å². The van der Waals surface area contributed by atoms with Crippen molar-refractivity contribution in [3.63, 3.8) is 0 Å². The lowest BCUT2D eigenvalue weighted by Crippen LogP contribution is -2.65. The molecule has 3 atom stereocenters. The van der Waals surface area contributed by atoms with Gasteiger partial charge in [-0.05, 0) is 39.5 Å². The van der Waals surface area contributed by atoms with Crippen molar-refractivity contribution in [2.24, 2.45) is 0 Å². The normalized spacial score (nSPS) is 43.8. The van der Waals surface area contributed by atoms with Gasteiger partial charge in [-0.15, -0.1) is 0 Å². The molecule has 0 aromatic heterocycles. The summed E-state index contributed by atoms with van der Waals surface area (Å²) in [5.41, 5.74) is 0.0181. The zero-order valence-electron chi connectivity index (χ0n) is 11.6. The summed E-state index contributed by atoms with van der Waals surface area (Å²) in [7, 11) is 0. The van der Waals surface area contributed by atoms with Crippen LogP contribution in [0.15, 0.2) is 0 Å². The van der Waals surface area contributed by atoms with Crippen molar-refractivity contribution < 1.29 is 9.47 Å². The molecule has 3 aliphatic heterocycles. The molecule has 0 aromatic carbocycles. The molecular weight excluding hydrogens is 228 g/mol. The van der Waals surface area contributed by atoms with Gasteiger partial charge in [0, 0.05) is 18.6 Å². The van der Waals surface area contributed by atoms with E-state index in [1.165, 1.54) is 12.8 Å². The Kier molecular flexibility index (Phi) is 3.63. The molecule has 0 radical (unpaired) electrons. The van der Waals surface area contributed by atoms with Gasteiger partial charge in [0.2, 0.25) is 0 Å². The minimum atomic E-state index is 0.0181. The van der Waals surface area contributed by atoms with E-state index in [-0.39, 0.29) is 5.60 Å². The van der Waals surface area contributed by atoms with Crippen molar-refractivity contribution in [3.05, 3.63) is 0 Å². The Morgan fingerprint density at radius 1 is 1.28 bits per heavy atom. The molecule has 3 fully saturated rings. The second-order valence-electron chi connectivity index (χ2n) is 6.35. The van der Waals surface area contributed by atoms with Crippen LogP contribution in [0.3, 0.4) is 0 Å². The monoisotopic (exact) mass is 254 g/mol. The van der Waals surface area contributed by atoms with E-state index >= 15 is 0 Å². The first-order chi connectivity index (χ1) is 8.68. The predicted molar refractivity (Wildman–Crippen MR) is 70.7 cm³/mol. The molecule has 3 saturated heterocycles. The van der Waals surface area contributed by atoms with Crippen molar-refractivity contribution in [1.29, 1.82) is 0 Å². The van der Waals surface area contributed by atoms with Crippen molar-refractivity contribution in [3.8, 4) is 0 Å². The highest BCUT2D eigenvalue weighted by Gasteiger charge is 2.50. The van der Waals surface area contributed by atoms with Crippen LogP contribution < -0.4 is 10.6 Å². The van der Waals surface area contributed by atoms with Gasteiger partial charge in [-0.2, -0.15) is 0 Å². The molecule has 2 bridgehead atoms. The van der Waals surface area contributed by atoms with Crippen molar-refractivity contribution in [1.82, 2.24) is 10.6 Å². The summed E-state index contributed by atoms with van der Waals surface area (Å²) in [5.74, 6) is 0. The molecule has 0 aromatic rings. The molecule has 104 valence electrons. The third-order valence-corrected chi connectivity index (χ3v) is 4.63. The zero-order valence-corrected chi connectivity index (χ0v) is 11.6. The molecule has 18 heavy (non-hydrogen) atoms. The van der Waals surface area contributed by atoms with Crippen molar-refractivity contribution in [2.75, 3.05) is 19.8 Å². The number of ether oxygens (including phenoxy) is 2. The van der Waals surface area contributed by atoms with E-state index < -0.39 is 0 Å². The first-order valence-electron chi connectivity index (χ1n) is 7.43. The molecule has 2 N–H and O–H groups in total. The van der Waals surface area contributed by atoms with Crippen LogP contribution in [0.2, 0.25) is 0 Å².